The largest absolute Gasteiger partial charge is 0.507 e. The number of Topliss-reactive ketones (excluding diaryl/α,β-unsaturated/α-hetero) is 1. The van der Waals surface area contributed by atoms with Gasteiger partial charge in [-0.05, 0) is 64.4 Å². The highest BCUT2D eigenvalue weighted by molar-refractivity contribution is 9.10. The second-order valence-electron chi connectivity index (χ2n) is 6.24. The number of phenols is 1. The van der Waals surface area contributed by atoms with E-state index >= 15 is 0 Å². The van der Waals surface area contributed by atoms with Crippen molar-refractivity contribution in [2.75, 3.05) is 0 Å². The molecule has 1 N–H and O–H groups in total. The molecule has 4 aromatic rings. The number of carbonyl (C=O) groups excluding carboxylic acids is 1. The normalized spacial score (nSPS) is 11.2. The Morgan fingerprint density at radius 1 is 0.846 bits per heavy atom. The number of halogens is 2. The van der Waals surface area contributed by atoms with E-state index in [2.05, 4.69) is 31.9 Å². The number of carbonyl (C=O) groups is 1. The van der Waals surface area contributed by atoms with Crippen LogP contribution in [0.2, 0.25) is 0 Å². The highest BCUT2D eigenvalue weighted by atomic mass is 79.9. The van der Waals surface area contributed by atoms with Crippen LogP contribution in [0.4, 0.5) is 0 Å². The van der Waals surface area contributed by atoms with Gasteiger partial charge in [-0.25, -0.2) is 0 Å². The van der Waals surface area contributed by atoms with Gasteiger partial charge in [-0.2, -0.15) is 0 Å². The van der Waals surface area contributed by atoms with E-state index in [4.69, 9.17) is 0 Å². The predicted molar refractivity (Wildman–Crippen MR) is 114 cm³/mol. The minimum absolute atomic E-state index is 0.0303. The standard InChI is InChI=1S/C22H14Br2O2/c1-12(25)20-11-14-10-16(24)6-8-18(14)21(22(20)26)19-4-2-3-13-9-15(23)5-7-17(13)19/h2-11,26H,1H3. The van der Waals surface area contributed by atoms with E-state index < -0.39 is 0 Å². The van der Waals surface area contributed by atoms with Gasteiger partial charge < -0.3 is 5.11 Å². The SMILES string of the molecule is CC(=O)c1cc2cc(Br)ccc2c(-c2cccc3cc(Br)ccc23)c1O. The van der Waals surface area contributed by atoms with Crippen LogP contribution in [0.3, 0.4) is 0 Å². The van der Waals surface area contributed by atoms with Crippen molar-refractivity contribution in [1.29, 1.82) is 0 Å². The van der Waals surface area contributed by atoms with Gasteiger partial charge in [0.05, 0.1) is 5.56 Å². The van der Waals surface area contributed by atoms with E-state index in [1.165, 1.54) is 6.92 Å². The second-order valence-corrected chi connectivity index (χ2v) is 8.07. The van der Waals surface area contributed by atoms with Crippen molar-refractivity contribution in [2.45, 2.75) is 6.92 Å². The Morgan fingerprint density at radius 3 is 2.19 bits per heavy atom. The van der Waals surface area contributed by atoms with Crippen LogP contribution in [0.25, 0.3) is 32.7 Å². The van der Waals surface area contributed by atoms with Crippen LogP contribution >= 0.6 is 31.9 Å². The van der Waals surface area contributed by atoms with Crippen molar-refractivity contribution in [1.82, 2.24) is 0 Å². The third kappa shape index (κ3) is 2.83. The first-order chi connectivity index (χ1) is 12.5. The average Bonchev–Trinajstić information content (AvgIpc) is 2.60. The maximum absolute atomic E-state index is 12.1. The molecular weight excluding hydrogens is 456 g/mol. The van der Waals surface area contributed by atoms with E-state index in [1.807, 2.05) is 54.6 Å². The average molecular weight is 470 g/mol. The Morgan fingerprint density at radius 2 is 1.50 bits per heavy atom. The quantitative estimate of drug-likeness (QED) is 0.318. The number of rotatable bonds is 2. The lowest BCUT2D eigenvalue weighted by atomic mass is 9.90. The summed E-state index contributed by atoms with van der Waals surface area (Å²) >= 11 is 7.00. The molecule has 0 aliphatic rings. The Balaban J connectivity index is 2.18. The van der Waals surface area contributed by atoms with E-state index in [9.17, 15) is 9.90 Å². The molecule has 0 fully saturated rings. The summed E-state index contributed by atoms with van der Waals surface area (Å²) in [5, 5.41) is 14.9. The summed E-state index contributed by atoms with van der Waals surface area (Å²) in [6, 6.07) is 19.7. The zero-order valence-corrected chi connectivity index (χ0v) is 17.1. The van der Waals surface area contributed by atoms with Crippen LogP contribution in [0.5, 0.6) is 5.75 Å². The third-order valence-corrected chi connectivity index (χ3v) is 5.55. The van der Waals surface area contributed by atoms with Crippen LogP contribution in [0, 0.1) is 0 Å². The van der Waals surface area contributed by atoms with Gasteiger partial charge in [0.1, 0.15) is 5.75 Å². The molecule has 0 unspecified atom stereocenters. The van der Waals surface area contributed by atoms with E-state index in [1.54, 1.807) is 6.07 Å². The van der Waals surface area contributed by atoms with Crippen LogP contribution in [0.15, 0.2) is 69.6 Å². The van der Waals surface area contributed by atoms with Gasteiger partial charge >= 0.3 is 0 Å². The summed E-state index contributed by atoms with van der Waals surface area (Å²) in [5.41, 5.74) is 1.93. The summed E-state index contributed by atoms with van der Waals surface area (Å²) < 4.78 is 1.93. The van der Waals surface area contributed by atoms with E-state index in [-0.39, 0.29) is 11.5 Å². The molecule has 0 radical (unpaired) electrons. The molecule has 0 atom stereocenters. The molecule has 4 rings (SSSR count). The van der Waals surface area contributed by atoms with Gasteiger partial charge in [0.25, 0.3) is 0 Å². The molecule has 0 saturated heterocycles. The Bertz CT molecular complexity index is 1200. The second kappa shape index (κ2) is 6.53. The smallest absolute Gasteiger partial charge is 0.163 e. The minimum atomic E-state index is -0.159. The molecule has 0 bridgehead atoms. The fourth-order valence-electron chi connectivity index (χ4n) is 3.38. The zero-order chi connectivity index (χ0) is 18.4. The molecule has 26 heavy (non-hydrogen) atoms. The molecule has 0 spiro atoms. The number of benzene rings is 4. The summed E-state index contributed by atoms with van der Waals surface area (Å²) in [7, 11) is 0. The maximum Gasteiger partial charge on any atom is 0.163 e. The third-order valence-electron chi connectivity index (χ3n) is 4.57. The van der Waals surface area contributed by atoms with Crippen LogP contribution in [-0.2, 0) is 0 Å². The number of aromatic hydroxyl groups is 1. The van der Waals surface area contributed by atoms with Crippen molar-refractivity contribution in [2.24, 2.45) is 0 Å². The highest BCUT2D eigenvalue weighted by Gasteiger charge is 2.18. The molecule has 2 nitrogen and oxygen atoms in total. The fraction of sp³-hybridized carbons (Fsp3) is 0.0455. The number of ketones is 1. The Labute approximate surface area is 167 Å². The first-order valence-electron chi connectivity index (χ1n) is 8.10. The molecule has 0 aliphatic heterocycles. The van der Waals surface area contributed by atoms with Crippen LogP contribution < -0.4 is 0 Å². The van der Waals surface area contributed by atoms with Gasteiger partial charge in [0, 0.05) is 14.5 Å². The lowest BCUT2D eigenvalue weighted by molar-refractivity contribution is 0.101. The lowest BCUT2D eigenvalue weighted by Gasteiger charge is -2.15. The monoisotopic (exact) mass is 468 g/mol. The molecule has 4 aromatic carbocycles. The number of phenolic OH excluding ortho intramolecular Hbond substituents is 1. The topological polar surface area (TPSA) is 37.3 Å². The number of hydrogen-bond donors (Lipinski definition) is 1. The molecule has 0 aliphatic carbocycles. The maximum atomic E-state index is 12.1. The summed E-state index contributed by atoms with van der Waals surface area (Å²) in [5.74, 6) is -0.128. The minimum Gasteiger partial charge on any atom is -0.507 e. The van der Waals surface area contributed by atoms with E-state index in [0.717, 1.165) is 36.1 Å². The summed E-state index contributed by atoms with van der Waals surface area (Å²) in [4.78, 5) is 12.1. The first kappa shape index (κ1) is 17.3. The first-order valence-corrected chi connectivity index (χ1v) is 9.69. The van der Waals surface area contributed by atoms with Gasteiger partial charge in [0.2, 0.25) is 0 Å². The number of hydrogen-bond acceptors (Lipinski definition) is 2. The van der Waals surface area contributed by atoms with Crippen molar-refractivity contribution >= 4 is 59.2 Å². The van der Waals surface area contributed by atoms with Gasteiger partial charge in [-0.15, -0.1) is 0 Å². The van der Waals surface area contributed by atoms with Crippen LogP contribution in [0.1, 0.15) is 17.3 Å². The molecule has 4 heteroatoms. The highest BCUT2D eigenvalue weighted by Crippen LogP contribution is 2.43. The van der Waals surface area contributed by atoms with Gasteiger partial charge in [-0.1, -0.05) is 62.2 Å². The predicted octanol–water partition coefficient (Wildman–Crippen LogP) is 7.09. The van der Waals surface area contributed by atoms with Gasteiger partial charge in [-0.3, -0.25) is 4.79 Å². The Kier molecular flexibility index (Phi) is 4.33. The molecule has 128 valence electrons. The number of fused-ring (bicyclic) bond motifs is 2. The van der Waals surface area contributed by atoms with E-state index in [0.29, 0.717) is 11.1 Å². The van der Waals surface area contributed by atoms with Crippen molar-refractivity contribution in [3.05, 3.63) is 75.2 Å². The molecule has 0 heterocycles. The lowest BCUT2D eigenvalue weighted by Crippen LogP contribution is -1.96. The van der Waals surface area contributed by atoms with Crippen LogP contribution in [-0.4, -0.2) is 10.9 Å². The zero-order valence-electron chi connectivity index (χ0n) is 13.9. The van der Waals surface area contributed by atoms with Gasteiger partial charge in [0.15, 0.2) is 5.78 Å². The van der Waals surface area contributed by atoms with Crippen molar-refractivity contribution in [3.63, 3.8) is 0 Å². The Hall–Kier alpha value is -2.17. The van der Waals surface area contributed by atoms with Crippen molar-refractivity contribution in [3.8, 4) is 16.9 Å². The molecule has 0 amide bonds. The molecule has 0 saturated carbocycles. The fourth-order valence-corrected chi connectivity index (χ4v) is 4.14. The molecule has 0 aromatic heterocycles. The summed E-state index contributed by atoms with van der Waals surface area (Å²) in [6.45, 7) is 1.48. The molecular formula is C22H14Br2O2. The summed E-state index contributed by atoms with van der Waals surface area (Å²) in [6.07, 6.45) is 0. The van der Waals surface area contributed by atoms with Crippen molar-refractivity contribution < 1.29 is 9.90 Å².